The van der Waals surface area contributed by atoms with E-state index in [1.54, 1.807) is 0 Å². The maximum absolute atomic E-state index is 6.11. The molecular weight excluding hydrogens is 212 g/mol. The number of nitrogens with two attached hydrogens (primary N) is 1. The first-order valence-corrected chi connectivity index (χ1v) is 7.00. The minimum Gasteiger partial charge on any atom is -0.384 e. The van der Waals surface area contributed by atoms with Gasteiger partial charge in [0.05, 0.1) is 6.61 Å². The molecule has 3 nitrogen and oxygen atoms in total. The summed E-state index contributed by atoms with van der Waals surface area (Å²) in [4.78, 5) is 2.65. The lowest BCUT2D eigenvalue weighted by molar-refractivity contribution is -0.00438. The summed E-state index contributed by atoms with van der Waals surface area (Å²) in [7, 11) is 1.81. The minimum absolute atomic E-state index is 0.194. The van der Waals surface area contributed by atoms with E-state index in [0.717, 1.165) is 19.7 Å². The van der Waals surface area contributed by atoms with Crippen molar-refractivity contribution in [2.24, 2.45) is 17.1 Å². The molecule has 0 radical (unpaired) electrons. The number of methoxy groups -OCH3 is 1. The second-order valence-electron chi connectivity index (χ2n) is 6.45. The van der Waals surface area contributed by atoms with Crippen LogP contribution in [0.15, 0.2) is 0 Å². The smallest absolute Gasteiger partial charge is 0.0502 e. The molecule has 2 aliphatic rings. The first-order valence-electron chi connectivity index (χ1n) is 7.00. The molecule has 2 atom stereocenters. The topological polar surface area (TPSA) is 38.5 Å². The van der Waals surface area contributed by atoms with Gasteiger partial charge in [-0.15, -0.1) is 0 Å². The lowest BCUT2D eigenvalue weighted by Gasteiger charge is -2.49. The molecule has 2 N–H and O–H groups in total. The maximum Gasteiger partial charge on any atom is 0.0502 e. The van der Waals surface area contributed by atoms with E-state index in [4.69, 9.17) is 10.5 Å². The van der Waals surface area contributed by atoms with Crippen LogP contribution in [0.5, 0.6) is 0 Å². The highest BCUT2D eigenvalue weighted by Gasteiger charge is 2.55. The number of hydrogen-bond donors (Lipinski definition) is 1. The van der Waals surface area contributed by atoms with E-state index < -0.39 is 0 Å². The van der Waals surface area contributed by atoms with E-state index in [0.29, 0.717) is 11.3 Å². The van der Waals surface area contributed by atoms with Crippen molar-refractivity contribution in [3.8, 4) is 0 Å². The van der Waals surface area contributed by atoms with Gasteiger partial charge in [0.1, 0.15) is 0 Å². The molecule has 0 amide bonds. The van der Waals surface area contributed by atoms with E-state index in [1.807, 2.05) is 7.11 Å². The molecule has 1 aliphatic heterocycles. The van der Waals surface area contributed by atoms with E-state index >= 15 is 0 Å². The third kappa shape index (κ3) is 2.38. The van der Waals surface area contributed by atoms with Gasteiger partial charge in [-0.2, -0.15) is 0 Å². The van der Waals surface area contributed by atoms with Crippen molar-refractivity contribution in [1.82, 2.24) is 4.90 Å². The van der Waals surface area contributed by atoms with Crippen LogP contribution in [0.2, 0.25) is 0 Å². The van der Waals surface area contributed by atoms with Crippen LogP contribution in [0.25, 0.3) is 0 Å². The zero-order valence-corrected chi connectivity index (χ0v) is 11.7. The highest BCUT2D eigenvalue weighted by Crippen LogP contribution is 2.56. The number of rotatable bonds is 5. The second-order valence-corrected chi connectivity index (χ2v) is 6.45. The number of piperidine rings is 1. The van der Waals surface area contributed by atoms with Gasteiger partial charge in [-0.05, 0) is 50.5 Å². The highest BCUT2D eigenvalue weighted by molar-refractivity contribution is 5.10. The molecule has 0 aromatic carbocycles. The average molecular weight is 240 g/mol. The summed E-state index contributed by atoms with van der Waals surface area (Å²) in [5.41, 5.74) is 6.76. The summed E-state index contributed by atoms with van der Waals surface area (Å²) in [6.07, 6.45) is 5.28. The van der Waals surface area contributed by atoms with Crippen LogP contribution >= 0.6 is 0 Å². The summed E-state index contributed by atoms with van der Waals surface area (Å²) >= 11 is 0. The lowest BCUT2D eigenvalue weighted by Crippen LogP contribution is -2.59. The Hall–Kier alpha value is -0.120. The zero-order valence-electron chi connectivity index (χ0n) is 11.7. The summed E-state index contributed by atoms with van der Waals surface area (Å²) in [5, 5.41) is 0. The van der Waals surface area contributed by atoms with Gasteiger partial charge in [0.2, 0.25) is 0 Å². The quantitative estimate of drug-likeness (QED) is 0.797. The van der Waals surface area contributed by atoms with E-state index in [1.165, 1.54) is 32.2 Å². The Bertz CT molecular complexity index is 263. The Balaban J connectivity index is 2.04. The molecule has 0 aromatic rings. The predicted octanol–water partition coefficient (Wildman–Crippen LogP) is 1.86. The van der Waals surface area contributed by atoms with Crippen LogP contribution in [0.3, 0.4) is 0 Å². The zero-order chi connectivity index (χ0) is 12.5. The largest absolute Gasteiger partial charge is 0.384 e. The van der Waals surface area contributed by atoms with E-state index in [2.05, 4.69) is 18.7 Å². The van der Waals surface area contributed by atoms with Crippen molar-refractivity contribution in [2.45, 2.75) is 45.1 Å². The van der Waals surface area contributed by atoms with Gasteiger partial charge in [-0.3, -0.25) is 4.90 Å². The molecule has 0 aromatic heterocycles. The van der Waals surface area contributed by atoms with Crippen molar-refractivity contribution in [3.05, 3.63) is 0 Å². The SMILES string of the molecule is COCC1CCCN(C(C)(CN)C2(C)CC2)C1. The summed E-state index contributed by atoms with van der Waals surface area (Å²) < 4.78 is 5.32. The van der Waals surface area contributed by atoms with Crippen LogP contribution in [0, 0.1) is 11.3 Å². The van der Waals surface area contributed by atoms with Crippen molar-refractivity contribution in [1.29, 1.82) is 0 Å². The summed E-state index contributed by atoms with van der Waals surface area (Å²) in [6, 6.07) is 0. The van der Waals surface area contributed by atoms with Crippen molar-refractivity contribution >= 4 is 0 Å². The third-order valence-corrected chi connectivity index (χ3v) is 5.32. The number of ether oxygens (including phenoxy) is 1. The maximum atomic E-state index is 6.11. The van der Waals surface area contributed by atoms with Crippen molar-refractivity contribution in [3.63, 3.8) is 0 Å². The first-order chi connectivity index (χ1) is 8.05. The Kier molecular flexibility index (Phi) is 3.81. The van der Waals surface area contributed by atoms with Crippen molar-refractivity contribution in [2.75, 3.05) is 33.4 Å². The highest BCUT2D eigenvalue weighted by atomic mass is 16.5. The monoisotopic (exact) mass is 240 g/mol. The van der Waals surface area contributed by atoms with E-state index in [-0.39, 0.29) is 5.54 Å². The molecule has 2 rings (SSSR count). The van der Waals surface area contributed by atoms with Gasteiger partial charge in [0, 0.05) is 25.7 Å². The molecule has 2 fully saturated rings. The van der Waals surface area contributed by atoms with Crippen molar-refractivity contribution < 1.29 is 4.74 Å². The fraction of sp³-hybridized carbons (Fsp3) is 1.00. The molecule has 17 heavy (non-hydrogen) atoms. The molecule has 0 bridgehead atoms. The summed E-state index contributed by atoms with van der Waals surface area (Å²) in [6.45, 7) is 8.83. The van der Waals surface area contributed by atoms with Crippen LogP contribution in [0.4, 0.5) is 0 Å². The van der Waals surface area contributed by atoms with Gasteiger partial charge in [0.15, 0.2) is 0 Å². The minimum atomic E-state index is 0.194. The molecular formula is C14H28N2O. The van der Waals surface area contributed by atoms with Gasteiger partial charge in [-0.1, -0.05) is 6.92 Å². The first kappa shape index (κ1) is 13.3. The fourth-order valence-electron chi connectivity index (χ4n) is 3.37. The van der Waals surface area contributed by atoms with Gasteiger partial charge >= 0.3 is 0 Å². The predicted molar refractivity (Wildman–Crippen MR) is 71.0 cm³/mol. The molecule has 0 spiro atoms. The van der Waals surface area contributed by atoms with E-state index in [9.17, 15) is 0 Å². The summed E-state index contributed by atoms with van der Waals surface area (Å²) in [5.74, 6) is 0.696. The van der Waals surface area contributed by atoms with Crippen LogP contribution < -0.4 is 5.73 Å². The van der Waals surface area contributed by atoms with Crippen LogP contribution in [-0.4, -0.2) is 43.8 Å². The molecule has 1 aliphatic carbocycles. The number of likely N-dealkylation sites (tertiary alicyclic amines) is 1. The Morgan fingerprint density at radius 1 is 1.47 bits per heavy atom. The van der Waals surface area contributed by atoms with Gasteiger partial charge in [-0.25, -0.2) is 0 Å². The molecule has 100 valence electrons. The van der Waals surface area contributed by atoms with Gasteiger partial charge < -0.3 is 10.5 Å². The number of nitrogens with zero attached hydrogens (tertiary/aromatic N) is 1. The second kappa shape index (κ2) is 4.87. The molecule has 1 saturated carbocycles. The third-order valence-electron chi connectivity index (χ3n) is 5.32. The average Bonchev–Trinajstić information content (AvgIpc) is 3.09. The Labute approximate surface area is 106 Å². The lowest BCUT2D eigenvalue weighted by atomic mass is 9.80. The van der Waals surface area contributed by atoms with Crippen LogP contribution in [-0.2, 0) is 4.74 Å². The normalized spacial score (nSPS) is 32.1. The standard InChI is InChI=1S/C14H28N2O/c1-13(6-7-13)14(2,11-15)16-8-4-5-12(9-16)10-17-3/h12H,4-11,15H2,1-3H3. The molecule has 1 saturated heterocycles. The van der Waals surface area contributed by atoms with Crippen LogP contribution in [0.1, 0.15) is 39.5 Å². The fourth-order valence-corrected chi connectivity index (χ4v) is 3.37. The number of hydrogen-bond acceptors (Lipinski definition) is 3. The Morgan fingerprint density at radius 3 is 2.71 bits per heavy atom. The Morgan fingerprint density at radius 2 is 2.18 bits per heavy atom. The molecule has 3 heteroatoms. The molecule has 2 unspecified atom stereocenters. The van der Waals surface area contributed by atoms with Gasteiger partial charge in [0.25, 0.3) is 0 Å². The molecule has 1 heterocycles.